The van der Waals surface area contributed by atoms with Crippen molar-refractivity contribution in [2.45, 2.75) is 99.1 Å². The van der Waals surface area contributed by atoms with Crippen molar-refractivity contribution >= 4 is 23.9 Å². The molecule has 0 fully saturated rings. The Bertz CT molecular complexity index is 931. The zero-order valence-corrected chi connectivity index (χ0v) is 23.9. The van der Waals surface area contributed by atoms with E-state index in [-0.39, 0.29) is 48.2 Å². The summed E-state index contributed by atoms with van der Waals surface area (Å²) < 4.78 is 21.7. The molecular formula is C29H45NO8. The fourth-order valence-corrected chi connectivity index (χ4v) is 3.52. The van der Waals surface area contributed by atoms with Crippen LogP contribution in [0.3, 0.4) is 0 Å². The van der Waals surface area contributed by atoms with E-state index >= 15 is 0 Å². The summed E-state index contributed by atoms with van der Waals surface area (Å²) >= 11 is 0. The number of benzene rings is 1. The number of nitrogens with two attached hydrogens (primary N) is 1. The summed E-state index contributed by atoms with van der Waals surface area (Å²) in [5, 5.41) is 0. The number of hydrogen-bond donors (Lipinski definition) is 1. The van der Waals surface area contributed by atoms with E-state index in [9.17, 15) is 19.2 Å². The number of carbonyl (C=O) groups is 4. The molecule has 0 heterocycles. The van der Waals surface area contributed by atoms with Gasteiger partial charge in [-0.2, -0.15) is 0 Å². The molecule has 1 rings (SSSR count). The summed E-state index contributed by atoms with van der Waals surface area (Å²) in [6, 6.07) is 3.73. The Morgan fingerprint density at radius 1 is 0.763 bits per heavy atom. The van der Waals surface area contributed by atoms with Crippen LogP contribution in [0.1, 0.15) is 86.1 Å². The lowest BCUT2D eigenvalue weighted by atomic mass is 10.0. The summed E-state index contributed by atoms with van der Waals surface area (Å²) in [5.74, 6) is -2.51. The van der Waals surface area contributed by atoms with Gasteiger partial charge in [-0.25, -0.2) is 0 Å². The summed E-state index contributed by atoms with van der Waals surface area (Å²) in [4.78, 5) is 49.5. The zero-order valence-electron chi connectivity index (χ0n) is 23.9. The largest absolute Gasteiger partial charge is 0.461 e. The first kappa shape index (κ1) is 33.1. The molecule has 0 aliphatic heterocycles. The van der Waals surface area contributed by atoms with Gasteiger partial charge < -0.3 is 24.7 Å². The van der Waals surface area contributed by atoms with Gasteiger partial charge in [0.15, 0.2) is 11.5 Å². The van der Waals surface area contributed by atoms with Gasteiger partial charge in [-0.1, -0.05) is 60.5 Å². The Morgan fingerprint density at radius 2 is 1.32 bits per heavy atom. The molecule has 5 atom stereocenters. The maximum absolute atomic E-state index is 12.6. The Labute approximate surface area is 226 Å². The lowest BCUT2D eigenvalue weighted by Gasteiger charge is -2.18. The van der Waals surface area contributed by atoms with E-state index in [0.29, 0.717) is 24.8 Å². The van der Waals surface area contributed by atoms with E-state index in [1.807, 2.05) is 20.8 Å². The second-order valence-corrected chi connectivity index (χ2v) is 10.0. The Morgan fingerprint density at radius 3 is 1.84 bits per heavy atom. The molecule has 0 aromatic heterocycles. The van der Waals surface area contributed by atoms with Crippen molar-refractivity contribution in [1.82, 2.24) is 0 Å². The van der Waals surface area contributed by atoms with Crippen LogP contribution < -0.4 is 15.2 Å². The minimum Gasteiger partial charge on any atom is -0.461 e. The van der Waals surface area contributed by atoms with Crippen molar-refractivity contribution in [3.8, 4) is 11.5 Å². The Balaban J connectivity index is 2.93. The van der Waals surface area contributed by atoms with Gasteiger partial charge in [0.2, 0.25) is 0 Å². The van der Waals surface area contributed by atoms with E-state index in [0.717, 1.165) is 12.8 Å². The van der Waals surface area contributed by atoms with Crippen molar-refractivity contribution in [3.63, 3.8) is 0 Å². The summed E-state index contributed by atoms with van der Waals surface area (Å²) in [7, 11) is 0. The normalized spacial score (nSPS) is 14.9. The summed E-state index contributed by atoms with van der Waals surface area (Å²) in [6.45, 7) is 12.7. The average molecular weight is 536 g/mol. The van der Waals surface area contributed by atoms with Gasteiger partial charge in [-0.3, -0.25) is 19.2 Å². The van der Waals surface area contributed by atoms with E-state index in [2.05, 4.69) is 0 Å². The van der Waals surface area contributed by atoms with Crippen LogP contribution in [-0.4, -0.2) is 42.6 Å². The SMILES string of the molecule is CCCC(C)C(=O)Oc1ccc(C[C@H](N)C(=O)OC[C@H](C)OC(=O)C(C)CC)cc1OC(=O)C(C)CCC. The van der Waals surface area contributed by atoms with Gasteiger partial charge >= 0.3 is 23.9 Å². The first-order valence-corrected chi connectivity index (χ1v) is 13.6. The monoisotopic (exact) mass is 535 g/mol. The molecule has 9 heteroatoms. The van der Waals surface area contributed by atoms with E-state index in [1.165, 1.54) is 6.07 Å². The van der Waals surface area contributed by atoms with Crippen LogP contribution in [0, 0.1) is 17.8 Å². The van der Waals surface area contributed by atoms with Crippen molar-refractivity contribution in [2.75, 3.05) is 6.61 Å². The molecule has 3 unspecified atom stereocenters. The average Bonchev–Trinajstić information content (AvgIpc) is 2.88. The molecule has 2 N–H and O–H groups in total. The van der Waals surface area contributed by atoms with Gasteiger partial charge in [0.1, 0.15) is 18.8 Å². The molecule has 0 radical (unpaired) electrons. The van der Waals surface area contributed by atoms with E-state index in [1.54, 1.807) is 39.8 Å². The zero-order chi connectivity index (χ0) is 28.8. The van der Waals surface area contributed by atoms with Gasteiger partial charge in [0, 0.05) is 0 Å². The molecule has 0 aliphatic carbocycles. The first-order valence-electron chi connectivity index (χ1n) is 13.6. The summed E-state index contributed by atoms with van der Waals surface area (Å²) in [5.41, 5.74) is 6.66. The highest BCUT2D eigenvalue weighted by atomic mass is 16.6. The third-order valence-electron chi connectivity index (χ3n) is 6.23. The predicted octanol–water partition coefficient (Wildman–Crippen LogP) is 4.76. The predicted molar refractivity (Wildman–Crippen MR) is 144 cm³/mol. The smallest absolute Gasteiger partial charge is 0.323 e. The molecule has 0 saturated heterocycles. The quantitative estimate of drug-likeness (QED) is 0.235. The standard InChI is InChI=1S/C29H45NO8/c1-8-11-19(5)27(32)37-24-14-13-22(16-25(24)38-28(33)20(6)12-9-2)15-23(30)29(34)35-17-21(7)36-26(31)18(4)10-3/h13-14,16,18-21,23H,8-12,15,17,30H2,1-7H3/t18?,19?,20?,21-,23-/m0/s1. The van der Waals surface area contributed by atoms with Crippen LogP contribution in [0.2, 0.25) is 0 Å². The van der Waals surface area contributed by atoms with Crippen LogP contribution in [-0.2, 0) is 35.1 Å². The molecule has 0 aliphatic rings. The highest BCUT2D eigenvalue weighted by molar-refractivity contribution is 5.79. The van der Waals surface area contributed by atoms with Crippen LogP contribution in [0.4, 0.5) is 0 Å². The number of rotatable bonds is 16. The molecule has 0 amide bonds. The van der Waals surface area contributed by atoms with Crippen molar-refractivity contribution in [2.24, 2.45) is 23.5 Å². The number of ether oxygens (including phenoxy) is 4. The Kier molecular flexibility index (Phi) is 14.6. The maximum Gasteiger partial charge on any atom is 0.323 e. The molecule has 0 bridgehead atoms. The highest BCUT2D eigenvalue weighted by Gasteiger charge is 2.23. The minimum absolute atomic E-state index is 0.0927. The van der Waals surface area contributed by atoms with E-state index in [4.69, 9.17) is 24.7 Å². The first-order chi connectivity index (χ1) is 17.9. The fourth-order valence-electron chi connectivity index (χ4n) is 3.52. The van der Waals surface area contributed by atoms with Crippen LogP contribution >= 0.6 is 0 Å². The Hall–Kier alpha value is -2.94. The van der Waals surface area contributed by atoms with Crippen LogP contribution in [0.15, 0.2) is 18.2 Å². The number of carbonyl (C=O) groups excluding carboxylic acids is 4. The van der Waals surface area contributed by atoms with Crippen molar-refractivity contribution in [3.05, 3.63) is 23.8 Å². The lowest BCUT2D eigenvalue weighted by molar-refractivity contribution is -0.161. The van der Waals surface area contributed by atoms with Crippen LogP contribution in [0.5, 0.6) is 11.5 Å². The van der Waals surface area contributed by atoms with Gasteiger partial charge in [-0.15, -0.1) is 0 Å². The maximum atomic E-state index is 12.6. The third kappa shape index (κ3) is 11.2. The van der Waals surface area contributed by atoms with Gasteiger partial charge in [-0.05, 0) is 50.3 Å². The number of esters is 4. The summed E-state index contributed by atoms with van der Waals surface area (Å²) in [6.07, 6.45) is 3.12. The van der Waals surface area contributed by atoms with Gasteiger partial charge in [0.25, 0.3) is 0 Å². The van der Waals surface area contributed by atoms with Crippen LogP contribution in [0.25, 0.3) is 0 Å². The van der Waals surface area contributed by atoms with Crippen molar-refractivity contribution in [1.29, 1.82) is 0 Å². The second-order valence-electron chi connectivity index (χ2n) is 10.0. The molecule has 0 spiro atoms. The highest BCUT2D eigenvalue weighted by Crippen LogP contribution is 2.31. The third-order valence-corrected chi connectivity index (χ3v) is 6.23. The molecular weight excluding hydrogens is 490 g/mol. The second kappa shape index (κ2) is 16.8. The van der Waals surface area contributed by atoms with Gasteiger partial charge in [0.05, 0.1) is 17.8 Å². The topological polar surface area (TPSA) is 131 Å². The molecule has 9 nitrogen and oxygen atoms in total. The van der Waals surface area contributed by atoms with Crippen molar-refractivity contribution < 1.29 is 38.1 Å². The number of hydrogen-bond acceptors (Lipinski definition) is 9. The molecule has 214 valence electrons. The molecule has 0 saturated carbocycles. The molecule has 1 aromatic carbocycles. The van der Waals surface area contributed by atoms with E-state index < -0.39 is 30.1 Å². The minimum atomic E-state index is -1.01. The molecule has 38 heavy (non-hydrogen) atoms. The fraction of sp³-hybridized carbons (Fsp3) is 0.655. The lowest BCUT2D eigenvalue weighted by Crippen LogP contribution is -2.36. The molecule has 1 aromatic rings.